The molecule has 1 unspecified atom stereocenters. The van der Waals surface area contributed by atoms with Crippen molar-refractivity contribution >= 4 is 51.5 Å². The van der Waals surface area contributed by atoms with Crippen molar-refractivity contribution in [1.82, 2.24) is 9.88 Å². The van der Waals surface area contributed by atoms with E-state index >= 15 is 0 Å². The summed E-state index contributed by atoms with van der Waals surface area (Å²) < 4.78 is 5.22. The lowest BCUT2D eigenvalue weighted by Gasteiger charge is -2.31. The number of ether oxygens (including phenoxy) is 1. The molecule has 4 rings (SSSR count). The first-order valence-electron chi connectivity index (χ1n) is 11.2. The van der Waals surface area contributed by atoms with E-state index in [0.29, 0.717) is 33.9 Å². The number of carbonyl (C=O) groups excluding carboxylic acids is 3. The number of anilines is 2. The zero-order valence-electron chi connectivity index (χ0n) is 18.4. The maximum Gasteiger partial charge on any atom is 0.341 e. The van der Waals surface area contributed by atoms with E-state index in [2.05, 4.69) is 15.6 Å². The summed E-state index contributed by atoms with van der Waals surface area (Å²) in [6.45, 7) is 3.43. The monoisotopic (exact) mass is 490 g/mol. The van der Waals surface area contributed by atoms with Crippen LogP contribution in [0.4, 0.5) is 10.8 Å². The number of nitrogens with one attached hydrogen (secondary N) is 2. The Morgan fingerprint density at radius 1 is 1.24 bits per heavy atom. The van der Waals surface area contributed by atoms with Crippen molar-refractivity contribution in [3.8, 4) is 0 Å². The smallest absolute Gasteiger partial charge is 0.341 e. The third kappa shape index (κ3) is 6.10. The summed E-state index contributed by atoms with van der Waals surface area (Å²) in [6.07, 6.45) is 5.16. The fourth-order valence-electron chi connectivity index (χ4n) is 4.03. The van der Waals surface area contributed by atoms with Crippen LogP contribution in [-0.2, 0) is 14.3 Å². The van der Waals surface area contributed by atoms with Gasteiger partial charge < -0.3 is 15.4 Å². The minimum absolute atomic E-state index is 0.119. The van der Waals surface area contributed by atoms with Gasteiger partial charge in [-0.3, -0.25) is 14.5 Å². The number of rotatable bonds is 8. The second-order valence-electron chi connectivity index (χ2n) is 8.36. The van der Waals surface area contributed by atoms with Crippen LogP contribution in [-0.4, -0.2) is 53.9 Å². The average Bonchev–Trinajstić information content (AvgIpc) is 3.56. The summed E-state index contributed by atoms with van der Waals surface area (Å²) in [7, 11) is 0. The first-order chi connectivity index (χ1) is 15.9. The van der Waals surface area contributed by atoms with Crippen molar-refractivity contribution in [2.45, 2.75) is 38.5 Å². The van der Waals surface area contributed by atoms with Crippen molar-refractivity contribution in [3.05, 3.63) is 39.9 Å². The molecule has 2 aliphatic rings. The van der Waals surface area contributed by atoms with Crippen molar-refractivity contribution in [2.24, 2.45) is 5.92 Å². The first kappa shape index (κ1) is 23.7. The number of likely N-dealkylation sites (tertiary alicyclic amines) is 1. The predicted octanol–water partition coefficient (Wildman–Crippen LogP) is 4.14. The van der Waals surface area contributed by atoms with Gasteiger partial charge in [-0.15, -0.1) is 11.3 Å². The molecular formula is C23H27ClN4O4S. The molecule has 1 aliphatic carbocycles. The van der Waals surface area contributed by atoms with Gasteiger partial charge in [0.05, 0.1) is 29.7 Å². The number of amides is 2. The van der Waals surface area contributed by atoms with Crippen LogP contribution in [0, 0.1) is 5.92 Å². The summed E-state index contributed by atoms with van der Waals surface area (Å²) >= 11 is 7.21. The first-order valence-corrected chi connectivity index (χ1v) is 12.4. The molecule has 2 fully saturated rings. The molecule has 3 heterocycles. The Bertz CT molecular complexity index is 1020. The number of pyridine rings is 1. The Labute approximate surface area is 201 Å². The summed E-state index contributed by atoms with van der Waals surface area (Å²) in [4.78, 5) is 44.0. The van der Waals surface area contributed by atoms with E-state index in [1.165, 1.54) is 17.5 Å². The number of hydrogen-bond donors (Lipinski definition) is 2. The molecule has 0 aromatic carbocycles. The molecule has 10 heteroatoms. The number of nitrogens with zero attached hydrogens (tertiary/aromatic N) is 2. The minimum atomic E-state index is -0.388. The number of thiophene rings is 1. The minimum Gasteiger partial charge on any atom is -0.462 e. The lowest BCUT2D eigenvalue weighted by Crippen LogP contribution is -2.44. The van der Waals surface area contributed by atoms with Gasteiger partial charge in [0.2, 0.25) is 11.8 Å². The van der Waals surface area contributed by atoms with Gasteiger partial charge in [0, 0.05) is 12.7 Å². The second kappa shape index (κ2) is 10.6. The van der Waals surface area contributed by atoms with Gasteiger partial charge in [0.1, 0.15) is 10.8 Å². The Kier molecular flexibility index (Phi) is 7.62. The number of halogens is 1. The molecule has 2 aromatic rings. The molecule has 2 aromatic heterocycles. The highest BCUT2D eigenvalue weighted by molar-refractivity contribution is 7.15. The number of hydrogen-bond acceptors (Lipinski definition) is 7. The summed E-state index contributed by atoms with van der Waals surface area (Å²) in [5.41, 5.74) is 1.46. The number of piperidine rings is 1. The van der Waals surface area contributed by atoms with Crippen LogP contribution < -0.4 is 10.6 Å². The van der Waals surface area contributed by atoms with E-state index in [1.54, 1.807) is 19.1 Å². The molecule has 2 amide bonds. The van der Waals surface area contributed by atoms with E-state index in [0.717, 1.165) is 37.8 Å². The van der Waals surface area contributed by atoms with Crippen LogP contribution in [0.3, 0.4) is 0 Å². The topological polar surface area (TPSA) is 101 Å². The molecule has 0 radical (unpaired) electrons. The predicted molar refractivity (Wildman–Crippen MR) is 128 cm³/mol. The number of carbonyl (C=O) groups is 3. The van der Waals surface area contributed by atoms with E-state index in [4.69, 9.17) is 16.3 Å². The molecule has 0 spiro atoms. The Morgan fingerprint density at radius 2 is 2.06 bits per heavy atom. The summed E-state index contributed by atoms with van der Waals surface area (Å²) in [5.74, 6) is -0.112. The van der Waals surface area contributed by atoms with Gasteiger partial charge in [-0.25, -0.2) is 9.78 Å². The molecular weight excluding hydrogens is 464 g/mol. The largest absolute Gasteiger partial charge is 0.462 e. The average molecular weight is 491 g/mol. The second-order valence-corrected chi connectivity index (χ2v) is 9.68. The molecule has 1 aliphatic heterocycles. The van der Waals surface area contributed by atoms with Gasteiger partial charge in [0.15, 0.2) is 0 Å². The molecule has 1 saturated heterocycles. The third-order valence-electron chi connectivity index (χ3n) is 5.79. The van der Waals surface area contributed by atoms with E-state index in [1.807, 2.05) is 10.3 Å². The molecule has 176 valence electrons. The Hall–Kier alpha value is -2.49. The summed E-state index contributed by atoms with van der Waals surface area (Å²) in [5, 5.41) is 8.72. The molecule has 8 nitrogen and oxygen atoms in total. The zero-order chi connectivity index (χ0) is 23.4. The Morgan fingerprint density at radius 3 is 2.76 bits per heavy atom. The van der Waals surface area contributed by atoms with Crippen LogP contribution in [0.15, 0.2) is 23.7 Å². The third-order valence-corrected chi connectivity index (χ3v) is 6.93. The van der Waals surface area contributed by atoms with Crippen molar-refractivity contribution in [3.63, 3.8) is 0 Å². The summed E-state index contributed by atoms with van der Waals surface area (Å²) in [6, 6.07) is 3.33. The maximum absolute atomic E-state index is 12.8. The van der Waals surface area contributed by atoms with Gasteiger partial charge in [-0.1, -0.05) is 11.6 Å². The van der Waals surface area contributed by atoms with Crippen molar-refractivity contribution in [2.75, 3.05) is 36.9 Å². The van der Waals surface area contributed by atoms with Crippen molar-refractivity contribution in [1.29, 1.82) is 0 Å². The molecule has 1 saturated carbocycles. The number of aromatic nitrogens is 1. The van der Waals surface area contributed by atoms with Gasteiger partial charge in [-0.05, 0) is 68.1 Å². The highest BCUT2D eigenvalue weighted by Gasteiger charge is 2.33. The molecule has 1 atom stereocenters. The maximum atomic E-state index is 12.8. The number of esters is 1. The van der Waals surface area contributed by atoms with Gasteiger partial charge in [0.25, 0.3) is 0 Å². The quantitative estimate of drug-likeness (QED) is 0.539. The van der Waals surface area contributed by atoms with Crippen molar-refractivity contribution < 1.29 is 19.1 Å². The van der Waals surface area contributed by atoms with Crippen LogP contribution in [0.5, 0.6) is 0 Å². The lowest BCUT2D eigenvalue weighted by molar-refractivity contribution is -0.123. The highest BCUT2D eigenvalue weighted by atomic mass is 35.5. The van der Waals surface area contributed by atoms with Gasteiger partial charge in [-0.2, -0.15) is 0 Å². The van der Waals surface area contributed by atoms with Crippen LogP contribution >= 0.6 is 22.9 Å². The van der Waals surface area contributed by atoms with E-state index in [9.17, 15) is 14.4 Å². The van der Waals surface area contributed by atoms with E-state index in [-0.39, 0.29) is 36.9 Å². The van der Waals surface area contributed by atoms with E-state index < -0.39 is 0 Å². The highest BCUT2D eigenvalue weighted by Crippen LogP contribution is 2.46. The standard InChI is InChI=1S/C23H27ClN4O4S/c1-2-32-23(31)20-17(14-5-6-14)13-33-22(20)27-19(29)12-28-9-3-4-15(11-28)21(30)26-18-8-7-16(24)10-25-18/h7-8,10,13-15H,2-6,9,11-12H2,1H3,(H,27,29)(H,25,26,30). The normalized spacial score (nSPS) is 18.5. The van der Waals surface area contributed by atoms with Crippen LogP contribution in [0.25, 0.3) is 0 Å². The zero-order valence-corrected chi connectivity index (χ0v) is 20.0. The molecule has 0 bridgehead atoms. The Balaban J connectivity index is 1.34. The lowest BCUT2D eigenvalue weighted by atomic mass is 9.97. The fraction of sp³-hybridized carbons (Fsp3) is 0.478. The fourth-order valence-corrected chi connectivity index (χ4v) is 5.19. The van der Waals surface area contributed by atoms with Crippen LogP contribution in [0.2, 0.25) is 5.02 Å². The molecule has 33 heavy (non-hydrogen) atoms. The molecule has 2 N–H and O–H groups in total. The van der Waals surface area contributed by atoms with Crippen LogP contribution in [0.1, 0.15) is 54.4 Å². The SMILES string of the molecule is CCOC(=O)c1c(C2CC2)csc1NC(=O)CN1CCCC(C(=O)Nc2ccc(Cl)cn2)C1. The van der Waals surface area contributed by atoms with Gasteiger partial charge >= 0.3 is 5.97 Å².